The number of hydrogen-bond acceptors (Lipinski definition) is 2. The maximum absolute atomic E-state index is 10.2. The van der Waals surface area contributed by atoms with Crippen molar-refractivity contribution in [3.05, 3.63) is 12.7 Å². The van der Waals surface area contributed by atoms with Crippen LogP contribution < -0.4 is 0 Å². The lowest BCUT2D eigenvalue weighted by Crippen LogP contribution is -2.45. The fourth-order valence-corrected chi connectivity index (χ4v) is 2.03. The highest BCUT2D eigenvalue weighted by molar-refractivity contribution is 4.91. The molecule has 76 valence electrons. The summed E-state index contributed by atoms with van der Waals surface area (Å²) >= 11 is 0. The van der Waals surface area contributed by atoms with Gasteiger partial charge in [0.15, 0.2) is 0 Å². The summed E-state index contributed by atoms with van der Waals surface area (Å²) in [6.07, 6.45) is 5.04. The molecule has 1 aliphatic heterocycles. The molecule has 0 saturated carbocycles. The van der Waals surface area contributed by atoms with Crippen LogP contribution in [0, 0.1) is 0 Å². The largest absolute Gasteiger partial charge is 0.390 e. The third-order valence-electron chi connectivity index (χ3n) is 2.63. The third kappa shape index (κ3) is 3.12. The highest BCUT2D eigenvalue weighted by atomic mass is 16.5. The van der Waals surface area contributed by atoms with E-state index in [1.165, 1.54) is 0 Å². The first-order valence-corrected chi connectivity index (χ1v) is 4.95. The second kappa shape index (κ2) is 3.81. The quantitative estimate of drug-likeness (QED) is 0.682. The minimum absolute atomic E-state index is 0.172. The molecule has 1 unspecified atom stereocenters. The molecule has 0 aromatic rings. The molecule has 1 saturated heterocycles. The molecule has 13 heavy (non-hydrogen) atoms. The summed E-state index contributed by atoms with van der Waals surface area (Å²) in [6.45, 7) is 8.40. The van der Waals surface area contributed by atoms with Crippen LogP contribution in [0.2, 0.25) is 0 Å². The van der Waals surface area contributed by atoms with Gasteiger partial charge >= 0.3 is 0 Å². The van der Waals surface area contributed by atoms with E-state index in [2.05, 4.69) is 6.58 Å². The molecule has 1 N–H and O–H groups in total. The van der Waals surface area contributed by atoms with Gasteiger partial charge in [0.05, 0.1) is 17.8 Å². The predicted octanol–water partition coefficient (Wildman–Crippen LogP) is 2.27. The molecule has 0 amide bonds. The molecule has 1 atom stereocenters. The Kier molecular flexibility index (Phi) is 3.14. The summed E-state index contributed by atoms with van der Waals surface area (Å²) < 4.78 is 5.55. The van der Waals surface area contributed by atoms with Crippen LogP contribution in [0.25, 0.3) is 0 Å². The van der Waals surface area contributed by atoms with Crippen molar-refractivity contribution in [3.8, 4) is 0 Å². The van der Waals surface area contributed by atoms with Crippen molar-refractivity contribution in [1.29, 1.82) is 0 Å². The van der Waals surface area contributed by atoms with Crippen molar-refractivity contribution in [3.63, 3.8) is 0 Å². The zero-order valence-electron chi connectivity index (χ0n) is 8.68. The number of aliphatic hydroxyl groups is 1. The average molecular weight is 184 g/mol. The van der Waals surface area contributed by atoms with Crippen molar-refractivity contribution in [2.45, 2.75) is 50.7 Å². The van der Waals surface area contributed by atoms with Gasteiger partial charge in [-0.05, 0) is 33.1 Å². The zero-order valence-corrected chi connectivity index (χ0v) is 8.68. The lowest BCUT2D eigenvalue weighted by molar-refractivity contribution is -0.146. The van der Waals surface area contributed by atoms with Gasteiger partial charge in [0, 0.05) is 6.42 Å². The molecule has 2 heteroatoms. The van der Waals surface area contributed by atoms with E-state index in [0.717, 1.165) is 25.7 Å². The average Bonchev–Trinajstić information content (AvgIpc) is 1.98. The minimum Gasteiger partial charge on any atom is -0.390 e. The lowest BCUT2D eigenvalue weighted by atomic mass is 9.81. The maximum Gasteiger partial charge on any atom is 0.0699 e. The van der Waals surface area contributed by atoms with Crippen LogP contribution in [0.3, 0.4) is 0 Å². The summed E-state index contributed by atoms with van der Waals surface area (Å²) in [7, 11) is 0. The smallest absolute Gasteiger partial charge is 0.0699 e. The van der Waals surface area contributed by atoms with Gasteiger partial charge in [0.25, 0.3) is 0 Å². The summed E-state index contributed by atoms with van der Waals surface area (Å²) in [5.74, 6) is 0. The normalized spacial score (nSPS) is 32.8. The fourth-order valence-electron chi connectivity index (χ4n) is 2.03. The molecule has 0 bridgehead atoms. The van der Waals surface area contributed by atoms with E-state index >= 15 is 0 Å². The minimum atomic E-state index is -0.532. The van der Waals surface area contributed by atoms with Gasteiger partial charge in [-0.15, -0.1) is 6.58 Å². The van der Waals surface area contributed by atoms with Crippen molar-refractivity contribution in [1.82, 2.24) is 0 Å². The number of allylic oxidation sites excluding steroid dienone is 1. The van der Waals surface area contributed by atoms with Gasteiger partial charge in [-0.3, -0.25) is 0 Å². The topological polar surface area (TPSA) is 29.5 Å². The maximum atomic E-state index is 10.2. The first-order chi connectivity index (χ1) is 5.97. The van der Waals surface area contributed by atoms with E-state index in [9.17, 15) is 5.11 Å². The summed E-state index contributed by atoms with van der Waals surface area (Å²) in [6, 6.07) is 0. The molecule has 1 heterocycles. The van der Waals surface area contributed by atoms with Crippen molar-refractivity contribution >= 4 is 0 Å². The lowest BCUT2D eigenvalue weighted by Gasteiger charge is -2.41. The summed E-state index contributed by atoms with van der Waals surface area (Å²) in [4.78, 5) is 0. The summed E-state index contributed by atoms with van der Waals surface area (Å²) in [5.41, 5.74) is -0.704. The van der Waals surface area contributed by atoms with Gasteiger partial charge in [0.1, 0.15) is 0 Å². The molecule has 1 aliphatic rings. The number of hydrogen-bond donors (Lipinski definition) is 1. The zero-order chi connectivity index (χ0) is 9.95. The molecule has 1 rings (SSSR count). The van der Waals surface area contributed by atoms with Crippen LogP contribution in [0.1, 0.15) is 39.5 Å². The highest BCUT2D eigenvalue weighted by Gasteiger charge is 2.38. The van der Waals surface area contributed by atoms with Crippen LogP contribution >= 0.6 is 0 Å². The molecular weight excluding hydrogens is 164 g/mol. The Morgan fingerprint density at radius 1 is 1.54 bits per heavy atom. The van der Waals surface area contributed by atoms with Crippen molar-refractivity contribution < 1.29 is 9.84 Å². The second-order valence-electron chi connectivity index (χ2n) is 4.59. The first-order valence-electron chi connectivity index (χ1n) is 4.95. The second-order valence-corrected chi connectivity index (χ2v) is 4.59. The molecule has 1 fully saturated rings. The molecule has 0 aromatic heterocycles. The molecule has 0 aliphatic carbocycles. The van der Waals surface area contributed by atoms with E-state index in [1.807, 2.05) is 19.9 Å². The van der Waals surface area contributed by atoms with Gasteiger partial charge in [-0.25, -0.2) is 0 Å². The molecule has 2 nitrogen and oxygen atoms in total. The Hall–Kier alpha value is -0.340. The van der Waals surface area contributed by atoms with E-state index in [1.54, 1.807) is 0 Å². The Morgan fingerprint density at radius 2 is 2.23 bits per heavy atom. The van der Waals surface area contributed by atoms with Crippen molar-refractivity contribution in [2.75, 3.05) is 6.61 Å². The Labute approximate surface area is 80.6 Å². The number of rotatable bonds is 3. The standard InChI is InChI=1S/C11H20O2/c1-4-5-6-11(12)7-8-13-10(2,3)9-11/h4,12H,1,5-9H2,2-3H3. The van der Waals surface area contributed by atoms with Crippen LogP contribution in [0.5, 0.6) is 0 Å². The Balaban J connectivity index is 2.52. The molecule has 0 spiro atoms. The van der Waals surface area contributed by atoms with Crippen LogP contribution in [0.4, 0.5) is 0 Å². The van der Waals surface area contributed by atoms with Gasteiger partial charge in [0.2, 0.25) is 0 Å². The van der Waals surface area contributed by atoms with E-state index in [-0.39, 0.29) is 5.60 Å². The van der Waals surface area contributed by atoms with Gasteiger partial charge < -0.3 is 9.84 Å². The van der Waals surface area contributed by atoms with Gasteiger partial charge in [-0.1, -0.05) is 6.08 Å². The van der Waals surface area contributed by atoms with Crippen LogP contribution in [0.15, 0.2) is 12.7 Å². The number of ether oxygens (including phenoxy) is 1. The summed E-state index contributed by atoms with van der Waals surface area (Å²) in [5, 5.41) is 10.2. The van der Waals surface area contributed by atoms with Crippen LogP contribution in [-0.2, 0) is 4.74 Å². The third-order valence-corrected chi connectivity index (χ3v) is 2.63. The monoisotopic (exact) mass is 184 g/mol. The first kappa shape index (κ1) is 10.7. The highest BCUT2D eigenvalue weighted by Crippen LogP contribution is 2.34. The van der Waals surface area contributed by atoms with E-state index in [0.29, 0.717) is 6.61 Å². The Morgan fingerprint density at radius 3 is 2.77 bits per heavy atom. The Bertz CT molecular complexity index is 187. The molecule has 0 radical (unpaired) electrons. The SMILES string of the molecule is C=CCCC1(O)CCOC(C)(C)C1. The van der Waals surface area contributed by atoms with E-state index in [4.69, 9.17) is 4.74 Å². The van der Waals surface area contributed by atoms with E-state index < -0.39 is 5.60 Å². The predicted molar refractivity (Wildman–Crippen MR) is 53.6 cm³/mol. The van der Waals surface area contributed by atoms with Crippen molar-refractivity contribution in [2.24, 2.45) is 0 Å². The molecule has 0 aromatic carbocycles. The molecular formula is C11H20O2. The van der Waals surface area contributed by atoms with Gasteiger partial charge in [-0.2, -0.15) is 0 Å². The fraction of sp³-hybridized carbons (Fsp3) is 0.818. The van der Waals surface area contributed by atoms with Crippen LogP contribution in [-0.4, -0.2) is 22.9 Å².